The molecule has 12 heavy (non-hydrogen) atoms. The lowest BCUT2D eigenvalue weighted by Gasteiger charge is -2.17. The monoisotopic (exact) mass is 174 g/mol. The number of carbonyl (C=O) groups is 1. The second-order valence-electron chi connectivity index (χ2n) is 3.29. The molecule has 1 fully saturated rings. The molecule has 0 spiro atoms. The second kappa shape index (κ2) is 3.38. The van der Waals surface area contributed by atoms with E-state index < -0.39 is 12.0 Å². The smallest absolute Gasteiger partial charge is 0.321 e. The van der Waals surface area contributed by atoms with Gasteiger partial charge in [-0.15, -0.1) is 0 Å². The van der Waals surface area contributed by atoms with Gasteiger partial charge in [-0.25, -0.2) is 0 Å². The summed E-state index contributed by atoms with van der Waals surface area (Å²) in [5, 5.41) is 21.6. The number of carboxylic acids is 1. The van der Waals surface area contributed by atoms with Crippen LogP contribution in [0.25, 0.3) is 0 Å². The van der Waals surface area contributed by atoms with Crippen molar-refractivity contribution in [1.82, 2.24) is 10.4 Å². The van der Waals surface area contributed by atoms with Crippen LogP contribution in [-0.2, 0) is 4.79 Å². The number of aliphatic carboxylic acids is 1. The summed E-state index contributed by atoms with van der Waals surface area (Å²) < 4.78 is 0. The average molecular weight is 174 g/mol. The highest BCUT2D eigenvalue weighted by Crippen LogP contribution is 2.20. The van der Waals surface area contributed by atoms with E-state index in [1.165, 1.54) is 7.05 Å². The Morgan fingerprint density at radius 3 is 2.50 bits per heavy atom. The molecule has 1 saturated heterocycles. The molecular weight excluding hydrogens is 160 g/mol. The third kappa shape index (κ3) is 1.74. The van der Waals surface area contributed by atoms with Gasteiger partial charge >= 0.3 is 5.97 Å². The zero-order chi connectivity index (χ0) is 9.30. The largest absolute Gasteiger partial charge is 0.480 e. The highest BCUT2D eigenvalue weighted by molar-refractivity contribution is 5.74. The van der Waals surface area contributed by atoms with Crippen molar-refractivity contribution in [1.29, 1.82) is 0 Å². The standard InChI is InChI=1S/C7H14N2O3/c1-4-3-5(9(2)12)8-6(4)7(10)11/h4-6,8,12H,3H2,1-2H3,(H,10,11). The van der Waals surface area contributed by atoms with Gasteiger partial charge in [0.15, 0.2) is 0 Å². The summed E-state index contributed by atoms with van der Waals surface area (Å²) in [5.74, 6) is -0.797. The molecule has 0 aromatic heterocycles. The molecule has 0 aromatic carbocycles. The van der Waals surface area contributed by atoms with E-state index in [9.17, 15) is 4.79 Å². The van der Waals surface area contributed by atoms with E-state index >= 15 is 0 Å². The van der Waals surface area contributed by atoms with Crippen molar-refractivity contribution in [3.8, 4) is 0 Å². The first-order valence-corrected chi connectivity index (χ1v) is 3.93. The Kier molecular flexibility index (Phi) is 2.66. The molecule has 0 aliphatic carbocycles. The molecule has 0 amide bonds. The van der Waals surface area contributed by atoms with Crippen molar-refractivity contribution < 1.29 is 15.1 Å². The topological polar surface area (TPSA) is 72.8 Å². The lowest BCUT2D eigenvalue weighted by atomic mass is 10.0. The van der Waals surface area contributed by atoms with Gasteiger partial charge in [-0.05, 0) is 12.3 Å². The first-order valence-electron chi connectivity index (χ1n) is 3.93. The van der Waals surface area contributed by atoms with Crippen LogP contribution in [0.15, 0.2) is 0 Å². The van der Waals surface area contributed by atoms with Crippen molar-refractivity contribution in [3.63, 3.8) is 0 Å². The third-order valence-electron chi connectivity index (χ3n) is 2.25. The van der Waals surface area contributed by atoms with Crippen molar-refractivity contribution >= 4 is 5.97 Å². The number of rotatable bonds is 2. The molecule has 3 N–H and O–H groups in total. The molecule has 1 aliphatic heterocycles. The first-order chi connectivity index (χ1) is 5.52. The molecule has 5 heteroatoms. The van der Waals surface area contributed by atoms with Gasteiger partial charge in [0, 0.05) is 7.05 Å². The van der Waals surface area contributed by atoms with Crippen molar-refractivity contribution in [2.75, 3.05) is 7.05 Å². The summed E-state index contributed by atoms with van der Waals surface area (Å²) in [4.78, 5) is 10.6. The van der Waals surface area contributed by atoms with E-state index in [2.05, 4.69) is 5.32 Å². The van der Waals surface area contributed by atoms with E-state index in [1.807, 2.05) is 6.92 Å². The van der Waals surface area contributed by atoms with Gasteiger partial charge in [0.25, 0.3) is 0 Å². The normalized spacial score (nSPS) is 35.8. The molecule has 3 unspecified atom stereocenters. The fraction of sp³-hybridized carbons (Fsp3) is 0.857. The number of hydrogen-bond donors (Lipinski definition) is 3. The molecule has 1 heterocycles. The van der Waals surface area contributed by atoms with E-state index in [4.69, 9.17) is 10.3 Å². The fourth-order valence-corrected chi connectivity index (χ4v) is 1.50. The summed E-state index contributed by atoms with van der Waals surface area (Å²) in [6.07, 6.45) is 0.422. The molecule has 1 rings (SSSR count). The SMILES string of the molecule is CC1CC(N(C)O)NC1C(=O)O. The predicted octanol–water partition coefficient (Wildman–Crippen LogP) is -0.284. The zero-order valence-corrected chi connectivity index (χ0v) is 7.19. The molecule has 0 bridgehead atoms. The zero-order valence-electron chi connectivity index (χ0n) is 7.19. The summed E-state index contributed by atoms with van der Waals surface area (Å²) in [5.41, 5.74) is 0. The van der Waals surface area contributed by atoms with Crippen molar-refractivity contribution in [3.05, 3.63) is 0 Å². The van der Waals surface area contributed by atoms with Crippen LogP contribution < -0.4 is 5.32 Å². The van der Waals surface area contributed by atoms with Crippen LogP contribution in [0.5, 0.6) is 0 Å². The lowest BCUT2D eigenvalue weighted by Crippen LogP contribution is -2.43. The number of carboxylic acid groups (broad SMARTS) is 1. The summed E-state index contributed by atoms with van der Waals surface area (Å²) in [6.45, 7) is 1.86. The summed E-state index contributed by atoms with van der Waals surface area (Å²) >= 11 is 0. The summed E-state index contributed by atoms with van der Waals surface area (Å²) in [7, 11) is 1.51. The fourth-order valence-electron chi connectivity index (χ4n) is 1.50. The molecule has 0 saturated carbocycles. The van der Waals surface area contributed by atoms with E-state index in [-0.39, 0.29) is 12.1 Å². The van der Waals surface area contributed by atoms with Crippen LogP contribution in [0, 0.1) is 5.92 Å². The Morgan fingerprint density at radius 1 is 1.67 bits per heavy atom. The van der Waals surface area contributed by atoms with Gasteiger partial charge in [-0.3, -0.25) is 10.1 Å². The Balaban J connectivity index is 2.56. The van der Waals surface area contributed by atoms with Crippen molar-refractivity contribution in [2.45, 2.75) is 25.6 Å². The molecule has 0 radical (unpaired) electrons. The van der Waals surface area contributed by atoms with E-state index in [0.717, 1.165) is 5.06 Å². The van der Waals surface area contributed by atoms with Crippen LogP contribution in [-0.4, -0.2) is 40.6 Å². The van der Waals surface area contributed by atoms with Crippen molar-refractivity contribution in [2.24, 2.45) is 5.92 Å². The number of hydrogen-bond acceptors (Lipinski definition) is 4. The molecule has 5 nitrogen and oxygen atoms in total. The van der Waals surface area contributed by atoms with Crippen LogP contribution >= 0.6 is 0 Å². The van der Waals surface area contributed by atoms with Gasteiger partial charge in [0.1, 0.15) is 6.04 Å². The molecule has 70 valence electrons. The second-order valence-corrected chi connectivity index (χ2v) is 3.29. The Labute approximate surface area is 70.9 Å². The highest BCUT2D eigenvalue weighted by atomic mass is 16.5. The average Bonchev–Trinajstić information content (AvgIpc) is 2.30. The van der Waals surface area contributed by atoms with Crippen LogP contribution in [0.4, 0.5) is 0 Å². The highest BCUT2D eigenvalue weighted by Gasteiger charge is 2.36. The Morgan fingerprint density at radius 2 is 2.25 bits per heavy atom. The van der Waals surface area contributed by atoms with E-state index in [1.54, 1.807) is 0 Å². The van der Waals surface area contributed by atoms with Gasteiger partial charge < -0.3 is 10.3 Å². The maximum absolute atomic E-state index is 10.6. The lowest BCUT2D eigenvalue weighted by molar-refractivity contribution is -0.141. The van der Waals surface area contributed by atoms with Gasteiger partial charge in [-0.2, -0.15) is 5.06 Å². The molecule has 3 atom stereocenters. The Hall–Kier alpha value is -0.650. The Bertz CT molecular complexity index is 183. The molecule has 0 aromatic rings. The van der Waals surface area contributed by atoms with Gasteiger partial charge in [-0.1, -0.05) is 6.92 Å². The molecule has 1 aliphatic rings. The maximum Gasteiger partial charge on any atom is 0.321 e. The predicted molar refractivity (Wildman–Crippen MR) is 41.7 cm³/mol. The number of hydroxylamine groups is 2. The minimum atomic E-state index is -0.855. The van der Waals surface area contributed by atoms with Crippen LogP contribution in [0.3, 0.4) is 0 Å². The van der Waals surface area contributed by atoms with E-state index in [0.29, 0.717) is 6.42 Å². The number of nitrogens with one attached hydrogen (secondary N) is 1. The number of nitrogens with zero attached hydrogens (tertiary/aromatic N) is 1. The maximum atomic E-state index is 10.6. The molecular formula is C7H14N2O3. The van der Waals surface area contributed by atoms with Gasteiger partial charge in [0.2, 0.25) is 0 Å². The minimum absolute atomic E-state index is 0.0575. The summed E-state index contributed by atoms with van der Waals surface area (Å²) in [6, 6.07) is -0.537. The van der Waals surface area contributed by atoms with Crippen LogP contribution in [0.2, 0.25) is 0 Å². The third-order valence-corrected chi connectivity index (χ3v) is 2.25. The minimum Gasteiger partial charge on any atom is -0.480 e. The van der Waals surface area contributed by atoms with Crippen LogP contribution in [0.1, 0.15) is 13.3 Å². The first kappa shape index (κ1) is 9.44. The quantitative estimate of drug-likeness (QED) is 0.502. The van der Waals surface area contributed by atoms with Gasteiger partial charge in [0.05, 0.1) is 6.17 Å².